The minimum absolute atomic E-state index is 0.0344. The van der Waals surface area contributed by atoms with Crippen LogP contribution in [0.15, 0.2) is 12.1 Å². The van der Waals surface area contributed by atoms with Crippen molar-refractivity contribution in [2.24, 2.45) is 5.73 Å². The number of rotatable bonds is 6. The molecule has 0 radical (unpaired) electrons. The molecule has 110 valence electrons. The molecule has 3 N–H and O–H groups in total. The van der Waals surface area contributed by atoms with E-state index in [0.717, 1.165) is 5.69 Å². The topological polar surface area (TPSA) is 71.2 Å². The summed E-state index contributed by atoms with van der Waals surface area (Å²) in [5, 5.41) is 3.11. The van der Waals surface area contributed by atoms with Gasteiger partial charge < -0.3 is 16.0 Å². The maximum Gasteiger partial charge on any atom is 0.244 e. The Morgan fingerprint density at radius 1 is 1.45 bits per heavy atom. The first-order chi connectivity index (χ1) is 9.40. The van der Waals surface area contributed by atoms with Gasteiger partial charge in [-0.15, -0.1) is 0 Å². The number of carbonyl (C=O) groups excluding carboxylic acids is 1. The Morgan fingerprint density at radius 2 is 2.05 bits per heavy atom. The van der Waals surface area contributed by atoms with Crippen LogP contribution in [0.2, 0.25) is 0 Å². The number of anilines is 1. The summed E-state index contributed by atoms with van der Waals surface area (Å²) in [6, 6.07) is 3.29. The number of carbonyl (C=O) groups is 1. The van der Waals surface area contributed by atoms with Crippen LogP contribution < -0.4 is 11.1 Å². The highest BCUT2D eigenvalue weighted by Gasteiger charge is 2.20. The third-order valence-electron chi connectivity index (χ3n) is 3.10. The highest BCUT2D eigenvalue weighted by Crippen LogP contribution is 2.15. The molecule has 0 aliphatic heterocycles. The van der Waals surface area contributed by atoms with Crippen molar-refractivity contribution in [3.05, 3.63) is 23.4 Å². The lowest BCUT2D eigenvalue weighted by atomic mass is 10.2. The molecule has 0 aromatic carbocycles. The van der Waals surface area contributed by atoms with Crippen molar-refractivity contribution in [1.29, 1.82) is 0 Å². The Morgan fingerprint density at radius 3 is 2.55 bits per heavy atom. The van der Waals surface area contributed by atoms with Crippen molar-refractivity contribution < 1.29 is 4.79 Å². The Balaban J connectivity index is 2.95. The Hall–Kier alpha value is -1.69. The van der Waals surface area contributed by atoms with Gasteiger partial charge in [0.05, 0.1) is 5.56 Å². The second-order valence-electron chi connectivity index (χ2n) is 4.59. The van der Waals surface area contributed by atoms with Gasteiger partial charge >= 0.3 is 0 Å². The molecule has 0 spiro atoms. The summed E-state index contributed by atoms with van der Waals surface area (Å²) < 4.78 is 0. The second-order valence-corrected chi connectivity index (χ2v) is 5.03. The quantitative estimate of drug-likeness (QED) is 0.781. The Kier molecular flexibility index (Phi) is 5.88. The molecule has 0 bridgehead atoms. The van der Waals surface area contributed by atoms with Gasteiger partial charge in [-0.2, -0.15) is 0 Å². The van der Waals surface area contributed by atoms with E-state index < -0.39 is 0 Å². The van der Waals surface area contributed by atoms with Crippen molar-refractivity contribution >= 4 is 28.9 Å². The highest BCUT2D eigenvalue weighted by molar-refractivity contribution is 7.80. The van der Waals surface area contributed by atoms with Crippen LogP contribution in [0.4, 0.5) is 5.82 Å². The fraction of sp³-hybridized carbons (Fsp3) is 0.500. The predicted molar refractivity (Wildman–Crippen MR) is 85.9 cm³/mol. The number of nitrogens with zero attached hydrogens (tertiary/aromatic N) is 2. The number of likely N-dealkylation sites (N-methyl/N-ethyl adjacent to an activating group) is 1. The maximum absolute atomic E-state index is 12.2. The lowest BCUT2D eigenvalue weighted by molar-refractivity contribution is -0.131. The lowest BCUT2D eigenvalue weighted by Gasteiger charge is -2.24. The van der Waals surface area contributed by atoms with Gasteiger partial charge in [0.2, 0.25) is 5.91 Å². The zero-order valence-corrected chi connectivity index (χ0v) is 13.3. The van der Waals surface area contributed by atoms with Crippen LogP contribution in [0.5, 0.6) is 0 Å². The van der Waals surface area contributed by atoms with Crippen molar-refractivity contribution in [2.75, 3.05) is 18.4 Å². The van der Waals surface area contributed by atoms with Gasteiger partial charge in [-0.3, -0.25) is 4.79 Å². The molecule has 1 aromatic rings. The van der Waals surface area contributed by atoms with Crippen molar-refractivity contribution in [3.63, 3.8) is 0 Å². The first-order valence-electron chi connectivity index (χ1n) is 6.73. The second kappa shape index (κ2) is 7.19. The van der Waals surface area contributed by atoms with Gasteiger partial charge in [-0.1, -0.05) is 12.2 Å². The SMILES string of the molecule is CCN(CC)C(=O)C(C)Nc1nc(C)ccc1C(N)=S. The monoisotopic (exact) mass is 294 g/mol. The molecule has 1 unspecified atom stereocenters. The Bertz CT molecular complexity index is 500. The van der Waals surface area contributed by atoms with Crippen LogP contribution in [-0.4, -0.2) is 39.9 Å². The lowest BCUT2D eigenvalue weighted by Crippen LogP contribution is -2.41. The third kappa shape index (κ3) is 3.90. The molecule has 1 rings (SSSR count). The number of aromatic nitrogens is 1. The van der Waals surface area contributed by atoms with Crippen LogP contribution in [0.25, 0.3) is 0 Å². The van der Waals surface area contributed by atoms with Crippen LogP contribution >= 0.6 is 12.2 Å². The van der Waals surface area contributed by atoms with E-state index in [0.29, 0.717) is 24.5 Å². The molecule has 0 saturated heterocycles. The molecule has 20 heavy (non-hydrogen) atoms. The normalized spacial score (nSPS) is 11.8. The van der Waals surface area contributed by atoms with Gasteiger partial charge in [0.15, 0.2) is 0 Å². The van der Waals surface area contributed by atoms with E-state index >= 15 is 0 Å². The molecule has 1 aromatic heterocycles. The van der Waals surface area contributed by atoms with Gasteiger partial charge in [0.25, 0.3) is 0 Å². The molecule has 1 amide bonds. The zero-order chi connectivity index (χ0) is 15.3. The fourth-order valence-corrected chi connectivity index (χ4v) is 2.11. The van der Waals surface area contributed by atoms with Crippen LogP contribution in [0.3, 0.4) is 0 Å². The maximum atomic E-state index is 12.2. The molecule has 0 saturated carbocycles. The molecule has 0 fully saturated rings. The first-order valence-corrected chi connectivity index (χ1v) is 7.14. The van der Waals surface area contributed by atoms with E-state index in [1.54, 1.807) is 4.90 Å². The van der Waals surface area contributed by atoms with E-state index in [9.17, 15) is 4.79 Å². The summed E-state index contributed by atoms with van der Waals surface area (Å²) in [5.74, 6) is 0.595. The largest absolute Gasteiger partial charge is 0.389 e. The van der Waals surface area contributed by atoms with Crippen molar-refractivity contribution in [3.8, 4) is 0 Å². The standard InChI is InChI=1S/C14H22N4OS/c1-5-18(6-2)14(19)10(4)17-13-11(12(15)20)8-7-9(3)16-13/h7-8,10H,5-6H2,1-4H3,(H2,15,20)(H,16,17). The van der Waals surface area contributed by atoms with E-state index in [4.69, 9.17) is 18.0 Å². The van der Waals surface area contributed by atoms with Gasteiger partial charge in [-0.05, 0) is 39.8 Å². The average Bonchev–Trinajstić information content (AvgIpc) is 2.39. The molecule has 0 aliphatic rings. The van der Waals surface area contributed by atoms with Gasteiger partial charge in [0.1, 0.15) is 16.8 Å². The molecular weight excluding hydrogens is 272 g/mol. The molecule has 0 aliphatic carbocycles. The number of pyridine rings is 1. The summed E-state index contributed by atoms with van der Waals surface area (Å²) in [7, 11) is 0. The van der Waals surface area contributed by atoms with Crippen LogP contribution in [0.1, 0.15) is 32.0 Å². The van der Waals surface area contributed by atoms with Crippen LogP contribution in [-0.2, 0) is 4.79 Å². The number of nitrogens with two attached hydrogens (primary N) is 1. The van der Waals surface area contributed by atoms with Gasteiger partial charge in [-0.25, -0.2) is 4.98 Å². The number of amides is 1. The number of hydrogen-bond donors (Lipinski definition) is 2. The molecule has 6 heteroatoms. The van der Waals surface area contributed by atoms with E-state index in [2.05, 4.69) is 10.3 Å². The molecule has 5 nitrogen and oxygen atoms in total. The van der Waals surface area contributed by atoms with Crippen molar-refractivity contribution in [1.82, 2.24) is 9.88 Å². The smallest absolute Gasteiger partial charge is 0.244 e. The number of hydrogen-bond acceptors (Lipinski definition) is 4. The molecule has 1 atom stereocenters. The predicted octanol–water partition coefficient (Wildman–Crippen LogP) is 1.69. The molecular formula is C14H22N4OS. The average molecular weight is 294 g/mol. The fourth-order valence-electron chi connectivity index (χ4n) is 1.94. The molecule has 1 heterocycles. The van der Waals surface area contributed by atoms with E-state index in [-0.39, 0.29) is 16.9 Å². The van der Waals surface area contributed by atoms with E-state index in [1.807, 2.05) is 39.8 Å². The Labute approximate surface area is 125 Å². The summed E-state index contributed by atoms with van der Waals surface area (Å²) >= 11 is 5.01. The van der Waals surface area contributed by atoms with Gasteiger partial charge in [0, 0.05) is 18.8 Å². The first kappa shape index (κ1) is 16.4. The summed E-state index contributed by atoms with van der Waals surface area (Å²) in [6.45, 7) is 8.98. The highest BCUT2D eigenvalue weighted by atomic mass is 32.1. The van der Waals surface area contributed by atoms with E-state index in [1.165, 1.54) is 0 Å². The number of thiocarbonyl (C=S) groups is 1. The van der Waals surface area contributed by atoms with Crippen LogP contribution in [0, 0.1) is 6.92 Å². The number of aryl methyl sites for hydroxylation is 1. The zero-order valence-electron chi connectivity index (χ0n) is 12.4. The summed E-state index contributed by atoms with van der Waals surface area (Å²) in [4.78, 5) is 18.7. The third-order valence-corrected chi connectivity index (χ3v) is 3.32. The minimum Gasteiger partial charge on any atom is -0.389 e. The minimum atomic E-state index is -0.378. The number of nitrogens with one attached hydrogen (secondary N) is 1. The van der Waals surface area contributed by atoms with Crippen molar-refractivity contribution in [2.45, 2.75) is 33.7 Å². The summed E-state index contributed by atoms with van der Waals surface area (Å²) in [6.07, 6.45) is 0. The summed E-state index contributed by atoms with van der Waals surface area (Å²) in [5.41, 5.74) is 7.18.